The number of amides is 1. The molecule has 0 unspecified atom stereocenters. The van der Waals surface area contributed by atoms with Crippen molar-refractivity contribution in [2.75, 3.05) is 20.1 Å². The van der Waals surface area contributed by atoms with Gasteiger partial charge in [0.15, 0.2) is 22.6 Å². The molecule has 1 amide bonds. The molecule has 1 atom stereocenters. The van der Waals surface area contributed by atoms with Gasteiger partial charge in [-0.2, -0.15) is 0 Å². The Morgan fingerprint density at radius 3 is 2.50 bits per heavy atom. The van der Waals surface area contributed by atoms with E-state index in [0.717, 1.165) is 0 Å². The van der Waals surface area contributed by atoms with Gasteiger partial charge in [0.25, 0.3) is 0 Å². The third kappa shape index (κ3) is 5.42. The minimum Gasteiger partial charge on any atom is -0.348 e. The molecule has 1 aliphatic rings. The maximum absolute atomic E-state index is 12.2. The first-order valence-electron chi connectivity index (χ1n) is 6.43. The molecule has 0 heterocycles. The monoisotopic (exact) mass is 323 g/mol. The fraction of sp³-hybridized carbons (Fsp3) is 0.429. The minimum atomic E-state index is -0.959. The highest BCUT2D eigenvalue weighted by molar-refractivity contribution is 8.14. The molecule has 0 aromatic carbocycles. The molecule has 1 aliphatic carbocycles. The van der Waals surface area contributed by atoms with Crippen LogP contribution in [0.25, 0.3) is 0 Å². The summed E-state index contributed by atoms with van der Waals surface area (Å²) in [6.45, 7) is 0.916. The number of carbonyl (C=O) groups excluding carboxylic acids is 5. The Morgan fingerprint density at radius 1 is 1.23 bits per heavy atom. The number of hydrogen-bond acceptors (Lipinski definition) is 7. The second-order valence-corrected chi connectivity index (χ2v) is 5.82. The van der Waals surface area contributed by atoms with Gasteiger partial charge < -0.3 is 10.6 Å². The SMILES string of the molecule is CNCC(=O)NCC(=O)[C]1C#CC(=O)C[C@H](SC(C)=O)C1=O. The predicted molar refractivity (Wildman–Crippen MR) is 79.7 cm³/mol. The van der Waals surface area contributed by atoms with Gasteiger partial charge in [0.2, 0.25) is 11.7 Å². The van der Waals surface area contributed by atoms with Gasteiger partial charge in [0, 0.05) is 13.3 Å². The summed E-state index contributed by atoms with van der Waals surface area (Å²) in [5, 5.41) is 3.66. The van der Waals surface area contributed by atoms with Gasteiger partial charge in [-0.15, -0.1) is 0 Å². The molecule has 8 heteroatoms. The van der Waals surface area contributed by atoms with Gasteiger partial charge in [0.05, 0.1) is 18.3 Å². The van der Waals surface area contributed by atoms with Crippen LogP contribution in [-0.2, 0) is 24.0 Å². The van der Waals surface area contributed by atoms with Crippen LogP contribution in [0.15, 0.2) is 0 Å². The molecular formula is C14H15N2O5S. The zero-order valence-electron chi connectivity index (χ0n) is 12.1. The predicted octanol–water partition coefficient (Wildman–Crippen LogP) is -1.34. The van der Waals surface area contributed by atoms with E-state index in [2.05, 4.69) is 22.5 Å². The molecule has 2 N–H and O–H groups in total. The number of thioether (sulfide) groups is 1. The van der Waals surface area contributed by atoms with E-state index < -0.39 is 28.5 Å². The molecule has 117 valence electrons. The second-order valence-electron chi connectivity index (χ2n) is 4.44. The first-order chi connectivity index (χ1) is 10.3. The molecule has 0 spiro atoms. The van der Waals surface area contributed by atoms with Gasteiger partial charge >= 0.3 is 0 Å². The number of nitrogens with one attached hydrogen (secondary N) is 2. The number of hydrogen-bond donors (Lipinski definition) is 2. The van der Waals surface area contributed by atoms with Crippen molar-refractivity contribution in [2.45, 2.75) is 18.6 Å². The Morgan fingerprint density at radius 2 is 1.91 bits per heavy atom. The minimum absolute atomic E-state index is 0.0313. The van der Waals surface area contributed by atoms with Crippen LogP contribution in [0.2, 0.25) is 0 Å². The van der Waals surface area contributed by atoms with E-state index in [1.165, 1.54) is 6.92 Å². The van der Waals surface area contributed by atoms with Crippen molar-refractivity contribution in [1.29, 1.82) is 0 Å². The summed E-state index contributed by atoms with van der Waals surface area (Å²) < 4.78 is 0. The average molecular weight is 323 g/mol. The molecule has 1 radical (unpaired) electrons. The van der Waals surface area contributed by atoms with E-state index in [-0.39, 0.29) is 30.5 Å². The van der Waals surface area contributed by atoms with Gasteiger partial charge in [-0.1, -0.05) is 17.7 Å². The lowest BCUT2D eigenvalue weighted by Gasteiger charge is -2.13. The normalized spacial score (nSPS) is 18.2. The zero-order valence-corrected chi connectivity index (χ0v) is 13.0. The van der Waals surface area contributed by atoms with Crippen LogP contribution < -0.4 is 10.6 Å². The quantitative estimate of drug-likeness (QED) is 0.460. The fourth-order valence-corrected chi connectivity index (χ4v) is 2.52. The van der Waals surface area contributed by atoms with Crippen LogP contribution in [0, 0.1) is 17.8 Å². The lowest BCUT2D eigenvalue weighted by Crippen LogP contribution is -2.39. The fourth-order valence-electron chi connectivity index (χ4n) is 1.66. The lowest BCUT2D eigenvalue weighted by molar-refractivity contribution is -0.126. The smallest absolute Gasteiger partial charge is 0.234 e. The van der Waals surface area contributed by atoms with Crippen molar-refractivity contribution >= 4 is 40.1 Å². The molecule has 0 aromatic rings. The summed E-state index contributed by atoms with van der Waals surface area (Å²) in [5.74, 6) is 1.88. The molecule has 0 aliphatic heterocycles. The number of carbonyl (C=O) groups is 5. The Hall–Kier alpha value is -1.98. The molecule has 0 aromatic heterocycles. The van der Waals surface area contributed by atoms with E-state index in [9.17, 15) is 24.0 Å². The molecule has 1 rings (SSSR count). The summed E-state index contributed by atoms with van der Waals surface area (Å²) in [6.07, 6.45) is -0.209. The van der Waals surface area contributed by atoms with E-state index in [1.807, 2.05) is 0 Å². The topological polar surface area (TPSA) is 109 Å². The van der Waals surface area contributed by atoms with Gasteiger partial charge in [-0.3, -0.25) is 24.0 Å². The number of rotatable bonds is 6. The second kappa shape index (κ2) is 8.46. The molecule has 0 saturated carbocycles. The number of Topliss-reactive ketones (excluding diaryl/α,β-unsaturated/α-hetero) is 3. The summed E-state index contributed by atoms with van der Waals surface area (Å²) in [4.78, 5) is 58.1. The Kier molecular flexibility index (Phi) is 6.95. The zero-order chi connectivity index (χ0) is 16.7. The summed E-state index contributed by atoms with van der Waals surface area (Å²) >= 11 is 0.695. The Balaban J connectivity index is 2.78. The van der Waals surface area contributed by atoms with Crippen LogP contribution in [0.3, 0.4) is 0 Å². The molecular weight excluding hydrogens is 308 g/mol. The van der Waals surface area contributed by atoms with Crippen molar-refractivity contribution in [3.8, 4) is 11.8 Å². The number of ketones is 3. The Labute approximate surface area is 132 Å². The number of likely N-dealkylation sites (N-methyl/N-ethyl adjacent to an activating group) is 1. The molecule has 0 fully saturated rings. The highest BCUT2D eigenvalue weighted by Crippen LogP contribution is 2.23. The van der Waals surface area contributed by atoms with Gasteiger partial charge in [0.1, 0.15) is 0 Å². The standard InChI is InChI=1S/C14H15N2O5S/c1-8(17)22-12-5-9(18)3-4-10(14(12)21)11(19)6-16-13(20)7-15-2/h12,15H,5-7H2,1-2H3,(H,16,20)/t12-/m0/s1. The van der Waals surface area contributed by atoms with Crippen LogP contribution in [0.5, 0.6) is 0 Å². The molecule has 22 heavy (non-hydrogen) atoms. The third-order valence-corrected chi connectivity index (χ3v) is 3.60. The van der Waals surface area contributed by atoms with Crippen LogP contribution in [-0.4, -0.2) is 53.8 Å². The van der Waals surface area contributed by atoms with Crippen LogP contribution >= 0.6 is 11.8 Å². The van der Waals surface area contributed by atoms with Crippen molar-refractivity contribution in [1.82, 2.24) is 10.6 Å². The maximum atomic E-state index is 12.2. The van der Waals surface area contributed by atoms with Crippen molar-refractivity contribution in [3.63, 3.8) is 0 Å². The van der Waals surface area contributed by atoms with E-state index in [1.54, 1.807) is 7.05 Å². The van der Waals surface area contributed by atoms with Gasteiger partial charge in [-0.25, -0.2) is 0 Å². The van der Waals surface area contributed by atoms with E-state index in [0.29, 0.717) is 11.8 Å². The first kappa shape index (κ1) is 18.1. The van der Waals surface area contributed by atoms with Crippen molar-refractivity contribution in [2.24, 2.45) is 0 Å². The van der Waals surface area contributed by atoms with E-state index >= 15 is 0 Å². The summed E-state index contributed by atoms with van der Waals surface area (Å²) in [5.41, 5.74) is 0. The molecule has 7 nitrogen and oxygen atoms in total. The third-order valence-electron chi connectivity index (χ3n) is 2.61. The van der Waals surface area contributed by atoms with Crippen LogP contribution in [0.4, 0.5) is 0 Å². The maximum Gasteiger partial charge on any atom is 0.234 e. The van der Waals surface area contributed by atoms with Crippen molar-refractivity contribution < 1.29 is 24.0 Å². The van der Waals surface area contributed by atoms with E-state index in [4.69, 9.17) is 0 Å². The molecule has 0 bridgehead atoms. The Bertz CT molecular complexity index is 576. The first-order valence-corrected chi connectivity index (χ1v) is 7.30. The lowest BCUT2D eigenvalue weighted by atomic mass is 9.97. The average Bonchev–Trinajstić information content (AvgIpc) is 2.56. The summed E-state index contributed by atoms with van der Waals surface area (Å²) in [6, 6.07) is 0. The van der Waals surface area contributed by atoms with Crippen molar-refractivity contribution in [3.05, 3.63) is 5.92 Å². The molecule has 0 saturated heterocycles. The highest BCUT2D eigenvalue weighted by Gasteiger charge is 2.36. The van der Waals surface area contributed by atoms with Crippen LogP contribution in [0.1, 0.15) is 13.3 Å². The van der Waals surface area contributed by atoms with Gasteiger partial charge in [-0.05, 0) is 13.0 Å². The highest BCUT2D eigenvalue weighted by atomic mass is 32.2. The summed E-state index contributed by atoms with van der Waals surface area (Å²) in [7, 11) is 1.58. The largest absolute Gasteiger partial charge is 0.348 e.